The number of aromatic nitrogens is 1. The third-order valence-corrected chi connectivity index (χ3v) is 5.58. The van der Waals surface area contributed by atoms with Crippen LogP contribution in [0.1, 0.15) is 44.0 Å². The molecule has 1 aliphatic carbocycles. The van der Waals surface area contributed by atoms with Gasteiger partial charge in [0.15, 0.2) is 0 Å². The Bertz CT molecular complexity index is 954. The molecule has 1 atom stereocenters. The molecule has 30 heavy (non-hydrogen) atoms. The Balaban J connectivity index is 1.62. The topological polar surface area (TPSA) is 57.6 Å². The highest BCUT2D eigenvalue weighted by Gasteiger charge is 2.38. The monoisotopic (exact) mass is 416 g/mol. The molecule has 1 saturated carbocycles. The second kappa shape index (κ2) is 8.08. The Morgan fingerprint density at radius 2 is 1.97 bits per heavy atom. The molecule has 8 heteroatoms. The zero-order chi connectivity index (χ0) is 21.4. The van der Waals surface area contributed by atoms with E-state index in [1.807, 2.05) is 36.7 Å². The van der Waals surface area contributed by atoms with Crippen LogP contribution >= 0.6 is 0 Å². The molecule has 1 aliphatic heterocycles. The fraction of sp³-hybridized carbons (Fsp3) is 0.455. The number of fused-ring (bicyclic) bond motifs is 1. The van der Waals surface area contributed by atoms with Crippen LogP contribution in [0.25, 0.3) is 0 Å². The van der Waals surface area contributed by atoms with Crippen molar-refractivity contribution in [2.24, 2.45) is 0 Å². The zero-order valence-corrected chi connectivity index (χ0v) is 17.1. The molecule has 2 heterocycles. The predicted molar refractivity (Wildman–Crippen MR) is 108 cm³/mol. The number of hydrogen-bond acceptors (Lipinski definition) is 2. The van der Waals surface area contributed by atoms with Gasteiger partial charge in [0, 0.05) is 48.7 Å². The maximum Gasteiger partial charge on any atom is 0.318 e. The molecular formula is C22H26F2N4O2. The summed E-state index contributed by atoms with van der Waals surface area (Å²) in [5.41, 5.74) is 1.01. The molecule has 2 aliphatic rings. The van der Waals surface area contributed by atoms with Crippen LogP contribution in [0.2, 0.25) is 0 Å². The van der Waals surface area contributed by atoms with Crippen molar-refractivity contribution in [3.63, 3.8) is 0 Å². The average Bonchev–Trinajstić information content (AvgIpc) is 3.40. The van der Waals surface area contributed by atoms with Gasteiger partial charge in [-0.3, -0.25) is 4.79 Å². The first-order chi connectivity index (χ1) is 14.3. The van der Waals surface area contributed by atoms with Crippen molar-refractivity contribution in [3.05, 3.63) is 59.4 Å². The quantitative estimate of drug-likeness (QED) is 0.813. The van der Waals surface area contributed by atoms with E-state index in [2.05, 4.69) is 5.32 Å². The number of hydrogen-bond donors (Lipinski definition) is 1. The van der Waals surface area contributed by atoms with Gasteiger partial charge in [-0.2, -0.15) is 0 Å². The van der Waals surface area contributed by atoms with E-state index in [0.717, 1.165) is 24.6 Å². The number of carbonyl (C=O) groups is 2. The van der Waals surface area contributed by atoms with Crippen LogP contribution in [-0.4, -0.2) is 51.5 Å². The first-order valence-electron chi connectivity index (χ1n) is 10.3. The minimum absolute atomic E-state index is 0.0341. The van der Waals surface area contributed by atoms with E-state index in [9.17, 15) is 18.4 Å². The van der Waals surface area contributed by atoms with Crippen molar-refractivity contribution in [2.45, 2.75) is 51.4 Å². The van der Waals surface area contributed by atoms with Crippen molar-refractivity contribution in [2.75, 3.05) is 13.1 Å². The van der Waals surface area contributed by atoms with Crippen LogP contribution in [0, 0.1) is 11.6 Å². The standard InChI is InChI=1S/C22H26F2N4O2/c1-14(2)25-22(30)28(16-6-7-16)13-20(29)27-11-10-26-9-3-4-19(26)21(27)17-8-5-15(23)12-18(17)24/h3-5,8-9,12,14,16,21H,6-7,10-11,13H2,1-2H3,(H,25,30)/t21-/m1/s1. The molecule has 0 unspecified atom stereocenters. The van der Waals surface area contributed by atoms with Gasteiger partial charge in [0.1, 0.15) is 24.2 Å². The lowest BCUT2D eigenvalue weighted by Crippen LogP contribution is -2.51. The molecule has 1 N–H and O–H groups in total. The number of amides is 3. The minimum Gasteiger partial charge on any atom is -0.348 e. The molecule has 3 amide bonds. The number of rotatable bonds is 5. The zero-order valence-electron chi connectivity index (χ0n) is 17.1. The van der Waals surface area contributed by atoms with Crippen LogP contribution in [0.5, 0.6) is 0 Å². The van der Waals surface area contributed by atoms with Gasteiger partial charge in [-0.05, 0) is 44.9 Å². The number of nitrogens with one attached hydrogen (secondary N) is 1. The van der Waals surface area contributed by atoms with Gasteiger partial charge in [-0.25, -0.2) is 13.6 Å². The Kier molecular flexibility index (Phi) is 5.49. The van der Waals surface area contributed by atoms with E-state index >= 15 is 0 Å². The molecule has 160 valence electrons. The highest BCUT2D eigenvalue weighted by molar-refractivity contribution is 5.85. The summed E-state index contributed by atoms with van der Waals surface area (Å²) in [5.74, 6) is -1.60. The maximum absolute atomic E-state index is 14.7. The molecule has 0 radical (unpaired) electrons. The number of benzene rings is 1. The number of halogens is 2. The molecule has 0 bridgehead atoms. The number of urea groups is 1. The van der Waals surface area contributed by atoms with Gasteiger partial charge in [-0.15, -0.1) is 0 Å². The van der Waals surface area contributed by atoms with Gasteiger partial charge in [0.2, 0.25) is 5.91 Å². The van der Waals surface area contributed by atoms with E-state index in [4.69, 9.17) is 0 Å². The minimum atomic E-state index is -0.691. The predicted octanol–water partition coefficient (Wildman–Crippen LogP) is 3.28. The van der Waals surface area contributed by atoms with Gasteiger partial charge in [-0.1, -0.05) is 6.07 Å². The van der Waals surface area contributed by atoms with E-state index in [1.165, 1.54) is 12.1 Å². The van der Waals surface area contributed by atoms with Gasteiger partial charge in [0.25, 0.3) is 0 Å². The first-order valence-corrected chi connectivity index (χ1v) is 10.3. The number of nitrogens with zero attached hydrogens (tertiary/aromatic N) is 3. The summed E-state index contributed by atoms with van der Waals surface area (Å²) >= 11 is 0. The van der Waals surface area contributed by atoms with E-state index < -0.39 is 17.7 Å². The lowest BCUT2D eigenvalue weighted by molar-refractivity contribution is -0.134. The van der Waals surface area contributed by atoms with E-state index in [1.54, 1.807) is 9.80 Å². The molecule has 1 fully saturated rings. The smallest absolute Gasteiger partial charge is 0.318 e. The Hall–Kier alpha value is -2.90. The van der Waals surface area contributed by atoms with Gasteiger partial charge < -0.3 is 19.7 Å². The summed E-state index contributed by atoms with van der Waals surface area (Å²) in [7, 11) is 0. The summed E-state index contributed by atoms with van der Waals surface area (Å²) in [6.45, 7) is 4.64. The lowest BCUT2D eigenvalue weighted by Gasteiger charge is -2.38. The largest absolute Gasteiger partial charge is 0.348 e. The van der Waals surface area contributed by atoms with Crippen LogP contribution in [0.15, 0.2) is 36.5 Å². The molecule has 4 rings (SSSR count). The van der Waals surface area contributed by atoms with Gasteiger partial charge >= 0.3 is 6.03 Å². The molecular weight excluding hydrogens is 390 g/mol. The second-order valence-electron chi connectivity index (χ2n) is 8.25. The molecule has 0 saturated heterocycles. The number of carbonyl (C=O) groups excluding carboxylic acids is 2. The van der Waals surface area contributed by atoms with Crippen LogP contribution in [-0.2, 0) is 11.3 Å². The van der Waals surface area contributed by atoms with Crippen LogP contribution in [0.3, 0.4) is 0 Å². The van der Waals surface area contributed by atoms with Crippen molar-refractivity contribution in [1.29, 1.82) is 0 Å². The normalized spacial score (nSPS) is 18.3. The molecule has 1 aromatic heterocycles. The fourth-order valence-corrected chi connectivity index (χ4v) is 4.02. The van der Waals surface area contributed by atoms with Crippen molar-refractivity contribution in [1.82, 2.24) is 19.7 Å². The molecule has 2 aromatic rings. The third-order valence-electron chi connectivity index (χ3n) is 5.58. The first kappa shape index (κ1) is 20.4. The fourth-order valence-electron chi connectivity index (χ4n) is 4.02. The van der Waals surface area contributed by atoms with Crippen molar-refractivity contribution in [3.8, 4) is 0 Å². The highest BCUT2D eigenvalue weighted by Crippen LogP contribution is 2.35. The van der Waals surface area contributed by atoms with E-state index in [-0.39, 0.29) is 36.1 Å². The Morgan fingerprint density at radius 3 is 2.63 bits per heavy atom. The Morgan fingerprint density at radius 1 is 1.20 bits per heavy atom. The lowest BCUT2D eigenvalue weighted by atomic mass is 9.99. The summed E-state index contributed by atoms with van der Waals surface area (Å²) < 4.78 is 30.1. The van der Waals surface area contributed by atoms with Crippen LogP contribution < -0.4 is 5.32 Å². The summed E-state index contributed by atoms with van der Waals surface area (Å²) in [5, 5.41) is 2.85. The van der Waals surface area contributed by atoms with Crippen molar-refractivity contribution >= 4 is 11.9 Å². The highest BCUT2D eigenvalue weighted by atomic mass is 19.1. The summed E-state index contributed by atoms with van der Waals surface area (Å²) in [6, 6.07) is 6.23. The summed E-state index contributed by atoms with van der Waals surface area (Å²) in [4.78, 5) is 29.1. The Labute approximate surface area is 174 Å². The maximum atomic E-state index is 14.7. The second-order valence-corrected chi connectivity index (χ2v) is 8.25. The summed E-state index contributed by atoms with van der Waals surface area (Å²) in [6.07, 6.45) is 3.63. The van der Waals surface area contributed by atoms with E-state index in [0.29, 0.717) is 13.1 Å². The van der Waals surface area contributed by atoms with Crippen LogP contribution in [0.4, 0.5) is 13.6 Å². The molecule has 0 spiro atoms. The molecule has 1 aromatic carbocycles. The third kappa shape index (κ3) is 4.04. The van der Waals surface area contributed by atoms with Gasteiger partial charge in [0.05, 0.1) is 0 Å². The van der Waals surface area contributed by atoms with Crippen molar-refractivity contribution < 1.29 is 18.4 Å². The molecule has 6 nitrogen and oxygen atoms in total. The average molecular weight is 416 g/mol. The SMILES string of the molecule is CC(C)NC(=O)N(CC(=O)N1CCn2cccc2[C@H]1c1ccc(F)cc1F)C1CC1.